The van der Waals surface area contributed by atoms with Crippen molar-refractivity contribution in [2.75, 3.05) is 5.73 Å². The highest BCUT2D eigenvalue weighted by Gasteiger charge is 2.09. The summed E-state index contributed by atoms with van der Waals surface area (Å²) in [6, 6.07) is -0.209. The number of nitrogens with zero attached hydrogens (tertiary/aromatic N) is 6. The molecule has 0 saturated heterocycles. The molecule has 12 heavy (non-hydrogen) atoms. The normalized spacial score (nSPS) is 10.8. The van der Waals surface area contributed by atoms with Crippen LogP contribution >= 0.6 is 0 Å². The van der Waals surface area contributed by atoms with Crippen LogP contribution in [0, 0.1) is 0 Å². The average molecular weight is 169 g/mol. The zero-order valence-electron chi connectivity index (χ0n) is 5.62. The summed E-state index contributed by atoms with van der Waals surface area (Å²) < 4.78 is 4.59. The van der Waals surface area contributed by atoms with Crippen LogP contribution < -0.4 is 5.73 Å². The summed E-state index contributed by atoms with van der Waals surface area (Å²) >= 11 is 0. The maximum atomic E-state index is 8.27. The van der Waals surface area contributed by atoms with E-state index < -0.39 is 5.84 Å². The van der Waals surface area contributed by atoms with E-state index in [1.54, 1.807) is 0 Å². The van der Waals surface area contributed by atoms with E-state index in [0.29, 0.717) is 0 Å². The number of hydrogen-bond acceptors (Lipinski definition) is 6. The second-order valence-electron chi connectivity index (χ2n) is 1.56. The van der Waals surface area contributed by atoms with E-state index in [4.69, 9.17) is 16.5 Å². The molecule has 0 aliphatic heterocycles. The second kappa shape index (κ2) is 3.21. The lowest BCUT2D eigenvalue weighted by Crippen LogP contribution is -1.95. The Hall–Kier alpha value is -2.28. The molecule has 1 heterocycles. The Labute approximate surface area is 65.1 Å². The fourth-order valence-electron chi connectivity index (χ4n) is 0.473. The molecule has 3 N–H and O–H groups in total. The monoisotopic (exact) mass is 169 g/mol. The summed E-state index contributed by atoms with van der Waals surface area (Å²) in [7, 11) is 0. The maximum absolute atomic E-state index is 8.27. The molecule has 0 atom stereocenters. The van der Waals surface area contributed by atoms with Gasteiger partial charge in [-0.3, -0.25) is 0 Å². The van der Waals surface area contributed by atoms with Gasteiger partial charge in [-0.2, -0.15) is 0 Å². The SMILES string of the molecule is [N-]=[N+]=N/C(=N/O)c1nnc(N)o1. The van der Waals surface area contributed by atoms with Crippen LogP contribution in [-0.4, -0.2) is 21.2 Å². The number of azide groups is 1. The Morgan fingerprint density at radius 1 is 1.67 bits per heavy atom. The van der Waals surface area contributed by atoms with Crippen LogP contribution in [0.15, 0.2) is 14.7 Å². The molecule has 1 aromatic rings. The highest BCUT2D eigenvalue weighted by molar-refractivity contribution is 5.94. The Bertz CT molecular complexity index is 347. The van der Waals surface area contributed by atoms with Crippen molar-refractivity contribution in [3.8, 4) is 0 Å². The van der Waals surface area contributed by atoms with Gasteiger partial charge in [0.15, 0.2) is 0 Å². The first kappa shape index (κ1) is 7.82. The highest BCUT2D eigenvalue weighted by atomic mass is 16.4. The summed E-state index contributed by atoms with van der Waals surface area (Å²) in [6.45, 7) is 0. The van der Waals surface area contributed by atoms with Gasteiger partial charge in [-0.25, -0.2) is 0 Å². The van der Waals surface area contributed by atoms with Gasteiger partial charge in [-0.1, -0.05) is 10.3 Å². The van der Waals surface area contributed by atoms with Gasteiger partial charge in [-0.05, 0) is 10.6 Å². The molecule has 1 rings (SSSR count). The van der Waals surface area contributed by atoms with Gasteiger partial charge in [0.1, 0.15) is 0 Å². The number of aromatic nitrogens is 2. The summed E-state index contributed by atoms with van der Waals surface area (Å²) in [6.07, 6.45) is 0. The summed E-state index contributed by atoms with van der Waals surface area (Å²) in [4.78, 5) is 2.36. The first-order chi connectivity index (χ1) is 5.77. The van der Waals surface area contributed by atoms with Gasteiger partial charge in [0, 0.05) is 4.91 Å². The van der Waals surface area contributed by atoms with Crippen molar-refractivity contribution in [1.82, 2.24) is 10.2 Å². The first-order valence-electron chi connectivity index (χ1n) is 2.64. The standard InChI is InChI=1S/C3H3N7O2/c4-3-8-7-2(12-3)1(9-11)6-10-5/h11H,(H2,4,8)/b9-1+. The lowest BCUT2D eigenvalue weighted by molar-refractivity contribution is 0.317. The Kier molecular flexibility index (Phi) is 2.09. The number of nitrogen functional groups attached to an aromatic ring is 1. The molecule has 0 unspecified atom stereocenters. The molecule has 0 spiro atoms. The third kappa shape index (κ3) is 1.41. The minimum atomic E-state index is -0.429. The number of anilines is 1. The molecule has 0 aliphatic carbocycles. The maximum Gasteiger partial charge on any atom is 0.313 e. The van der Waals surface area contributed by atoms with E-state index in [2.05, 4.69) is 29.8 Å². The van der Waals surface area contributed by atoms with Crippen molar-refractivity contribution >= 4 is 11.9 Å². The second-order valence-corrected chi connectivity index (χ2v) is 1.56. The Morgan fingerprint density at radius 3 is 2.83 bits per heavy atom. The number of oxime groups is 1. The molecule has 0 saturated carbocycles. The largest absolute Gasteiger partial charge is 0.410 e. The van der Waals surface area contributed by atoms with Gasteiger partial charge in [0.2, 0.25) is 5.84 Å². The van der Waals surface area contributed by atoms with Crippen LogP contribution in [0.4, 0.5) is 6.01 Å². The van der Waals surface area contributed by atoms with Gasteiger partial charge in [0.05, 0.1) is 0 Å². The quantitative estimate of drug-likeness (QED) is 0.116. The molecular formula is C3H3N7O2. The van der Waals surface area contributed by atoms with Crippen LogP contribution in [0.25, 0.3) is 10.4 Å². The summed E-state index contributed by atoms with van der Waals surface area (Å²) in [5, 5.41) is 20.4. The minimum Gasteiger partial charge on any atom is -0.410 e. The lowest BCUT2D eigenvalue weighted by Gasteiger charge is -1.84. The van der Waals surface area contributed by atoms with E-state index in [0.717, 1.165) is 0 Å². The van der Waals surface area contributed by atoms with Gasteiger partial charge < -0.3 is 15.4 Å². The van der Waals surface area contributed by atoms with Crippen molar-refractivity contribution < 1.29 is 9.62 Å². The van der Waals surface area contributed by atoms with Crippen LogP contribution in [-0.2, 0) is 0 Å². The fraction of sp³-hybridized carbons (Fsp3) is 0. The molecule has 0 aliphatic rings. The van der Waals surface area contributed by atoms with E-state index in [9.17, 15) is 0 Å². The van der Waals surface area contributed by atoms with E-state index in [-0.39, 0.29) is 11.9 Å². The molecule has 1 aromatic heterocycles. The number of amidine groups is 1. The Balaban J connectivity index is 3.03. The zero-order chi connectivity index (χ0) is 8.97. The third-order valence-electron chi connectivity index (χ3n) is 0.866. The van der Waals surface area contributed by atoms with Gasteiger partial charge in [0.25, 0.3) is 5.89 Å². The van der Waals surface area contributed by atoms with Crippen LogP contribution in [0.1, 0.15) is 5.89 Å². The summed E-state index contributed by atoms with van der Waals surface area (Å²) in [5.74, 6) is -0.672. The van der Waals surface area contributed by atoms with Gasteiger partial charge >= 0.3 is 6.01 Å². The zero-order valence-corrected chi connectivity index (χ0v) is 5.62. The van der Waals surface area contributed by atoms with Crippen LogP contribution in [0.5, 0.6) is 0 Å². The van der Waals surface area contributed by atoms with Crippen molar-refractivity contribution in [1.29, 1.82) is 0 Å². The third-order valence-corrected chi connectivity index (χ3v) is 0.866. The predicted molar refractivity (Wildman–Crippen MR) is 36.2 cm³/mol. The molecule has 0 amide bonds. The number of rotatable bonds is 1. The highest BCUT2D eigenvalue weighted by Crippen LogP contribution is 2.02. The summed E-state index contributed by atoms with van der Waals surface area (Å²) in [5.41, 5.74) is 13.0. The fourth-order valence-corrected chi connectivity index (χ4v) is 0.473. The first-order valence-corrected chi connectivity index (χ1v) is 2.64. The number of hydrogen-bond donors (Lipinski definition) is 2. The average Bonchev–Trinajstić information content (AvgIpc) is 2.47. The van der Waals surface area contributed by atoms with Gasteiger partial charge in [-0.15, -0.1) is 5.10 Å². The molecule has 9 heteroatoms. The predicted octanol–water partition coefficient (Wildman–Crippen LogP) is 0.0979. The van der Waals surface area contributed by atoms with E-state index in [1.165, 1.54) is 0 Å². The molecular weight excluding hydrogens is 166 g/mol. The van der Waals surface area contributed by atoms with Crippen LogP contribution in [0.3, 0.4) is 0 Å². The van der Waals surface area contributed by atoms with E-state index in [1.807, 2.05) is 0 Å². The Morgan fingerprint density at radius 2 is 2.42 bits per heavy atom. The van der Waals surface area contributed by atoms with Crippen molar-refractivity contribution in [3.63, 3.8) is 0 Å². The molecule has 0 bridgehead atoms. The molecule has 0 radical (unpaired) electrons. The smallest absolute Gasteiger partial charge is 0.313 e. The van der Waals surface area contributed by atoms with E-state index >= 15 is 0 Å². The van der Waals surface area contributed by atoms with Crippen molar-refractivity contribution in [2.45, 2.75) is 0 Å². The molecule has 9 nitrogen and oxygen atoms in total. The number of nitrogens with two attached hydrogens (primary N) is 1. The molecule has 62 valence electrons. The molecule has 0 aromatic carbocycles. The van der Waals surface area contributed by atoms with Crippen molar-refractivity contribution in [2.24, 2.45) is 10.3 Å². The topological polar surface area (TPSA) is 146 Å². The minimum absolute atomic E-state index is 0.209. The van der Waals surface area contributed by atoms with Crippen LogP contribution in [0.2, 0.25) is 0 Å². The van der Waals surface area contributed by atoms with Crippen molar-refractivity contribution in [3.05, 3.63) is 16.3 Å². The molecule has 0 fully saturated rings. The lowest BCUT2D eigenvalue weighted by atomic mass is 10.6.